The highest BCUT2D eigenvalue weighted by molar-refractivity contribution is 14.0. The quantitative estimate of drug-likeness (QED) is 0.436. The molecule has 0 bridgehead atoms. The third kappa shape index (κ3) is 3.97. The van der Waals surface area contributed by atoms with Crippen molar-refractivity contribution in [3.05, 3.63) is 0 Å². The molecule has 2 N–H and O–H groups in total. The van der Waals surface area contributed by atoms with Crippen LogP contribution in [0.5, 0.6) is 0 Å². The first-order valence-electron chi connectivity index (χ1n) is 7.01. The summed E-state index contributed by atoms with van der Waals surface area (Å²) in [4.78, 5) is 4.55. The lowest BCUT2D eigenvalue weighted by Crippen LogP contribution is -2.69. The largest absolute Gasteiger partial charge is 0.378 e. The van der Waals surface area contributed by atoms with Gasteiger partial charge in [0.15, 0.2) is 5.96 Å². The number of ether oxygens (including phenoxy) is 1. The molecule has 0 spiro atoms. The fourth-order valence-electron chi connectivity index (χ4n) is 2.43. The van der Waals surface area contributed by atoms with Gasteiger partial charge in [-0.05, 0) is 26.7 Å². The third-order valence-electron chi connectivity index (χ3n) is 4.43. The first kappa shape index (κ1) is 19.0. The number of methoxy groups -OCH3 is 1. The molecule has 1 aliphatic rings. The van der Waals surface area contributed by atoms with E-state index in [-0.39, 0.29) is 35.0 Å². The summed E-state index contributed by atoms with van der Waals surface area (Å²) >= 11 is 0. The lowest BCUT2D eigenvalue weighted by molar-refractivity contribution is -0.176. The zero-order valence-electron chi connectivity index (χ0n) is 13.2. The maximum atomic E-state index is 5.64. The van der Waals surface area contributed by atoms with Crippen LogP contribution in [0.15, 0.2) is 4.99 Å². The molecule has 0 saturated heterocycles. The average molecular weight is 383 g/mol. The monoisotopic (exact) mass is 383 g/mol. The molecule has 0 heterocycles. The Morgan fingerprint density at radius 2 is 1.95 bits per heavy atom. The van der Waals surface area contributed by atoms with Gasteiger partial charge >= 0.3 is 0 Å². The Morgan fingerprint density at radius 3 is 2.37 bits per heavy atom. The summed E-state index contributed by atoms with van der Waals surface area (Å²) in [5.74, 6) is 0.926. The van der Waals surface area contributed by atoms with Gasteiger partial charge in [0.25, 0.3) is 0 Å². The van der Waals surface area contributed by atoms with Gasteiger partial charge in [-0.15, -0.1) is 24.0 Å². The van der Waals surface area contributed by atoms with Gasteiger partial charge in [-0.3, -0.25) is 4.99 Å². The molecule has 0 aromatic rings. The van der Waals surface area contributed by atoms with Gasteiger partial charge in [0.1, 0.15) is 0 Å². The summed E-state index contributed by atoms with van der Waals surface area (Å²) in [6, 6.07) is 0.414. The molecule has 114 valence electrons. The second kappa shape index (κ2) is 7.67. The molecule has 1 saturated carbocycles. The number of aliphatic imine (C=N–C) groups is 1. The van der Waals surface area contributed by atoms with Crippen molar-refractivity contribution in [1.82, 2.24) is 10.6 Å². The van der Waals surface area contributed by atoms with Gasteiger partial charge in [0, 0.05) is 31.7 Å². The molecule has 4 nitrogen and oxygen atoms in total. The predicted molar refractivity (Wildman–Crippen MR) is 92.4 cm³/mol. The van der Waals surface area contributed by atoms with Gasteiger partial charge in [0.2, 0.25) is 0 Å². The highest BCUT2D eigenvalue weighted by Crippen LogP contribution is 2.51. The van der Waals surface area contributed by atoms with Crippen molar-refractivity contribution in [2.75, 3.05) is 20.2 Å². The lowest BCUT2D eigenvalue weighted by Gasteiger charge is -2.59. The van der Waals surface area contributed by atoms with Gasteiger partial charge in [0.05, 0.1) is 5.60 Å². The topological polar surface area (TPSA) is 45.7 Å². The zero-order valence-corrected chi connectivity index (χ0v) is 15.5. The van der Waals surface area contributed by atoms with Crippen LogP contribution < -0.4 is 10.6 Å². The Labute approximate surface area is 135 Å². The highest BCUT2D eigenvalue weighted by atomic mass is 127. The minimum atomic E-state index is -0.0350. The van der Waals surface area contributed by atoms with E-state index in [0.717, 1.165) is 31.9 Å². The van der Waals surface area contributed by atoms with Crippen LogP contribution >= 0.6 is 24.0 Å². The van der Waals surface area contributed by atoms with E-state index in [4.69, 9.17) is 4.74 Å². The Balaban J connectivity index is 0.00000324. The van der Waals surface area contributed by atoms with Crippen LogP contribution in [0.4, 0.5) is 0 Å². The molecule has 0 radical (unpaired) electrons. The molecule has 0 amide bonds. The van der Waals surface area contributed by atoms with Crippen molar-refractivity contribution >= 4 is 29.9 Å². The average Bonchev–Trinajstić information content (AvgIpc) is 2.35. The number of guanidine groups is 1. The summed E-state index contributed by atoms with van der Waals surface area (Å²) in [5, 5.41) is 6.83. The molecule has 19 heavy (non-hydrogen) atoms. The van der Waals surface area contributed by atoms with Crippen LogP contribution in [-0.4, -0.2) is 37.8 Å². The summed E-state index contributed by atoms with van der Waals surface area (Å²) in [6.07, 6.45) is 2.09. The van der Waals surface area contributed by atoms with Crippen LogP contribution in [0.3, 0.4) is 0 Å². The number of hydrogen-bond acceptors (Lipinski definition) is 2. The fourth-order valence-corrected chi connectivity index (χ4v) is 2.43. The smallest absolute Gasteiger partial charge is 0.191 e. The summed E-state index contributed by atoms with van der Waals surface area (Å²) in [5.41, 5.74) is 0.0803. The molecular formula is C14H30IN3O. The molecular weight excluding hydrogens is 353 g/mol. The fraction of sp³-hybridized carbons (Fsp3) is 0.929. The molecule has 5 heteroatoms. The lowest BCUT2D eigenvalue weighted by atomic mass is 9.56. The van der Waals surface area contributed by atoms with Crippen molar-refractivity contribution in [1.29, 1.82) is 0 Å². The third-order valence-corrected chi connectivity index (χ3v) is 4.43. The Morgan fingerprint density at radius 1 is 1.32 bits per heavy atom. The van der Waals surface area contributed by atoms with Crippen LogP contribution in [0.1, 0.15) is 47.5 Å². The summed E-state index contributed by atoms with van der Waals surface area (Å²) < 4.78 is 5.64. The molecule has 1 rings (SSSR count). The Hall–Kier alpha value is -0.0400. The SMILES string of the molecule is CCCN=C(NCC)NC1CC(C)(OC)C1(C)C.I. The van der Waals surface area contributed by atoms with E-state index < -0.39 is 0 Å². The minimum absolute atomic E-state index is 0. The van der Waals surface area contributed by atoms with Crippen molar-refractivity contribution in [2.45, 2.75) is 59.1 Å². The van der Waals surface area contributed by atoms with Gasteiger partial charge in [-0.2, -0.15) is 0 Å². The maximum absolute atomic E-state index is 5.64. The summed E-state index contributed by atoms with van der Waals surface area (Å²) in [7, 11) is 1.80. The van der Waals surface area contributed by atoms with Gasteiger partial charge < -0.3 is 15.4 Å². The highest BCUT2D eigenvalue weighted by Gasteiger charge is 2.57. The van der Waals surface area contributed by atoms with Crippen molar-refractivity contribution in [3.8, 4) is 0 Å². The first-order valence-corrected chi connectivity index (χ1v) is 7.01. The van der Waals surface area contributed by atoms with Crippen LogP contribution in [0.2, 0.25) is 0 Å². The minimum Gasteiger partial charge on any atom is -0.378 e. The van der Waals surface area contributed by atoms with E-state index >= 15 is 0 Å². The standard InChI is InChI=1S/C14H29N3O.HI/c1-7-9-16-12(15-8-2)17-11-10-14(5,18-6)13(11,3)4;/h11H,7-10H2,1-6H3,(H2,15,16,17);1H. The number of rotatable bonds is 5. The Bertz CT molecular complexity index is 307. The Kier molecular flexibility index (Phi) is 7.65. The van der Waals surface area contributed by atoms with E-state index in [1.165, 1.54) is 0 Å². The maximum Gasteiger partial charge on any atom is 0.191 e. The number of nitrogens with zero attached hydrogens (tertiary/aromatic N) is 1. The van der Waals surface area contributed by atoms with Crippen molar-refractivity contribution < 1.29 is 4.74 Å². The number of hydrogen-bond donors (Lipinski definition) is 2. The van der Waals surface area contributed by atoms with Crippen LogP contribution in [-0.2, 0) is 4.74 Å². The number of nitrogens with one attached hydrogen (secondary N) is 2. The normalized spacial score (nSPS) is 29.2. The van der Waals surface area contributed by atoms with Crippen molar-refractivity contribution in [2.24, 2.45) is 10.4 Å². The van der Waals surface area contributed by atoms with Gasteiger partial charge in [-0.25, -0.2) is 0 Å². The van der Waals surface area contributed by atoms with E-state index in [1.807, 2.05) is 0 Å². The molecule has 0 aromatic heterocycles. The second-order valence-electron chi connectivity index (χ2n) is 5.82. The van der Waals surface area contributed by atoms with E-state index in [1.54, 1.807) is 7.11 Å². The molecule has 2 atom stereocenters. The van der Waals surface area contributed by atoms with E-state index in [9.17, 15) is 0 Å². The summed E-state index contributed by atoms with van der Waals surface area (Å²) in [6.45, 7) is 12.7. The molecule has 2 unspecified atom stereocenters. The molecule has 1 fully saturated rings. The molecule has 0 aromatic carbocycles. The predicted octanol–water partition coefficient (Wildman–Crippen LogP) is 2.77. The number of halogens is 1. The van der Waals surface area contributed by atoms with E-state index in [0.29, 0.717) is 6.04 Å². The van der Waals surface area contributed by atoms with Crippen molar-refractivity contribution in [3.63, 3.8) is 0 Å². The van der Waals surface area contributed by atoms with E-state index in [2.05, 4.69) is 50.2 Å². The molecule has 0 aliphatic heterocycles. The van der Waals surface area contributed by atoms with Crippen LogP contribution in [0.25, 0.3) is 0 Å². The second-order valence-corrected chi connectivity index (χ2v) is 5.82. The molecule has 1 aliphatic carbocycles. The first-order chi connectivity index (χ1) is 8.41. The van der Waals surface area contributed by atoms with Crippen LogP contribution in [0, 0.1) is 5.41 Å². The van der Waals surface area contributed by atoms with Gasteiger partial charge in [-0.1, -0.05) is 20.8 Å². The zero-order chi connectivity index (χ0) is 13.8.